The Hall–Kier alpha value is -4.70. The second-order valence-corrected chi connectivity index (χ2v) is 9.25. The molecule has 0 bridgehead atoms. The fourth-order valence-corrected chi connectivity index (χ4v) is 5.35. The second kappa shape index (κ2) is 7.92. The van der Waals surface area contributed by atoms with E-state index in [0.717, 1.165) is 44.8 Å². The molecule has 0 spiro atoms. The summed E-state index contributed by atoms with van der Waals surface area (Å²) in [6.45, 7) is 0. The fourth-order valence-electron chi connectivity index (χ4n) is 5.35. The van der Waals surface area contributed by atoms with Crippen LogP contribution in [0.5, 0.6) is 0 Å². The molecule has 0 aliphatic carbocycles. The van der Waals surface area contributed by atoms with E-state index in [1.165, 1.54) is 21.9 Å². The second-order valence-electron chi connectivity index (χ2n) is 9.25. The first-order chi connectivity index (χ1) is 17.7. The van der Waals surface area contributed by atoms with Gasteiger partial charge in [-0.25, -0.2) is 9.97 Å². The van der Waals surface area contributed by atoms with E-state index < -0.39 is 0 Å². The Kier molecular flexibility index (Phi) is 4.55. The molecule has 0 atom stereocenters. The van der Waals surface area contributed by atoms with Gasteiger partial charge in [-0.1, -0.05) is 84.9 Å². The Morgan fingerprint density at radius 3 is 1.58 bits per heavy atom. The third-order valence-electron chi connectivity index (χ3n) is 7.19. The molecule has 36 heavy (non-hydrogen) atoms. The number of imidazole rings is 2. The highest BCUT2D eigenvalue weighted by Gasteiger charge is 2.15. The zero-order valence-electron chi connectivity index (χ0n) is 20.2. The van der Waals surface area contributed by atoms with Gasteiger partial charge >= 0.3 is 0 Å². The minimum atomic E-state index is 0.977. The first kappa shape index (κ1) is 20.7. The molecule has 0 saturated heterocycles. The van der Waals surface area contributed by atoms with E-state index in [-0.39, 0.29) is 0 Å². The van der Waals surface area contributed by atoms with Crippen molar-refractivity contribution in [1.29, 1.82) is 0 Å². The van der Waals surface area contributed by atoms with Crippen molar-refractivity contribution in [2.75, 3.05) is 0 Å². The molecule has 7 rings (SSSR count). The van der Waals surface area contributed by atoms with E-state index in [1.807, 2.05) is 12.1 Å². The zero-order valence-corrected chi connectivity index (χ0v) is 20.2. The van der Waals surface area contributed by atoms with E-state index in [0.29, 0.717) is 0 Å². The summed E-state index contributed by atoms with van der Waals surface area (Å²) < 4.78 is 4.34. The van der Waals surface area contributed by atoms with Crippen LogP contribution in [-0.4, -0.2) is 19.1 Å². The number of hydrogen-bond acceptors (Lipinski definition) is 2. The number of fused-ring (bicyclic) bond motifs is 3. The Bertz CT molecular complexity index is 1910. The predicted octanol–water partition coefficient (Wildman–Crippen LogP) is 7.61. The highest BCUT2D eigenvalue weighted by Crippen LogP contribution is 2.36. The average molecular weight is 465 g/mol. The number of rotatable bonds is 3. The number of para-hydroxylation sites is 4. The number of aryl methyl sites for hydroxylation is 2. The lowest BCUT2D eigenvalue weighted by Crippen LogP contribution is -1.94. The van der Waals surface area contributed by atoms with Crippen LogP contribution in [0.1, 0.15) is 0 Å². The first-order valence-electron chi connectivity index (χ1n) is 12.1. The molecule has 0 radical (unpaired) electrons. The highest BCUT2D eigenvalue weighted by atomic mass is 15.1. The van der Waals surface area contributed by atoms with Crippen LogP contribution in [0.25, 0.3) is 66.7 Å². The van der Waals surface area contributed by atoms with Gasteiger partial charge in [-0.3, -0.25) is 0 Å². The molecule has 0 N–H and O–H groups in total. The zero-order chi connectivity index (χ0) is 24.2. The number of nitrogens with zero attached hydrogens (tertiary/aromatic N) is 4. The van der Waals surface area contributed by atoms with Gasteiger partial charge in [0.1, 0.15) is 11.6 Å². The van der Waals surface area contributed by atoms with Crippen molar-refractivity contribution in [3.63, 3.8) is 0 Å². The molecule has 7 aromatic rings. The Morgan fingerprint density at radius 1 is 0.444 bits per heavy atom. The number of aromatic nitrogens is 4. The lowest BCUT2D eigenvalue weighted by Gasteiger charge is -2.12. The molecule has 0 aliphatic rings. The normalized spacial score (nSPS) is 11.6. The highest BCUT2D eigenvalue weighted by molar-refractivity contribution is 6.04. The van der Waals surface area contributed by atoms with Crippen LogP contribution in [0.2, 0.25) is 0 Å². The monoisotopic (exact) mass is 464 g/mol. The third-order valence-corrected chi connectivity index (χ3v) is 7.19. The molecular weight excluding hydrogens is 440 g/mol. The van der Waals surface area contributed by atoms with Crippen LogP contribution < -0.4 is 0 Å². The third kappa shape index (κ3) is 3.08. The van der Waals surface area contributed by atoms with Crippen molar-refractivity contribution in [3.8, 4) is 33.9 Å². The molecule has 0 unspecified atom stereocenters. The molecule has 2 aromatic heterocycles. The Labute approximate surface area is 209 Å². The topological polar surface area (TPSA) is 35.6 Å². The summed E-state index contributed by atoms with van der Waals surface area (Å²) in [5.74, 6) is 1.96. The maximum Gasteiger partial charge on any atom is 0.141 e. The van der Waals surface area contributed by atoms with Crippen LogP contribution in [0.3, 0.4) is 0 Å². The minimum Gasteiger partial charge on any atom is -0.327 e. The minimum absolute atomic E-state index is 0.977. The lowest BCUT2D eigenvalue weighted by atomic mass is 9.95. The lowest BCUT2D eigenvalue weighted by molar-refractivity contribution is 0.959. The van der Waals surface area contributed by atoms with Gasteiger partial charge in [-0.15, -0.1) is 0 Å². The van der Waals surface area contributed by atoms with Crippen LogP contribution in [0, 0.1) is 0 Å². The predicted molar refractivity (Wildman–Crippen MR) is 149 cm³/mol. The molecule has 4 nitrogen and oxygen atoms in total. The Balaban J connectivity index is 1.34. The van der Waals surface area contributed by atoms with Crippen LogP contribution >= 0.6 is 0 Å². The summed E-state index contributed by atoms with van der Waals surface area (Å²) in [6.07, 6.45) is 0. The van der Waals surface area contributed by atoms with Crippen molar-refractivity contribution >= 4 is 32.8 Å². The van der Waals surface area contributed by atoms with Gasteiger partial charge in [0.2, 0.25) is 0 Å². The first-order valence-corrected chi connectivity index (χ1v) is 12.1. The van der Waals surface area contributed by atoms with E-state index in [2.05, 4.69) is 120 Å². The van der Waals surface area contributed by atoms with E-state index in [4.69, 9.17) is 9.97 Å². The van der Waals surface area contributed by atoms with E-state index in [1.54, 1.807) is 0 Å². The summed E-state index contributed by atoms with van der Waals surface area (Å²) in [5.41, 5.74) is 8.96. The van der Waals surface area contributed by atoms with Crippen LogP contribution in [0.4, 0.5) is 0 Å². The van der Waals surface area contributed by atoms with Gasteiger partial charge in [-0.05, 0) is 46.2 Å². The van der Waals surface area contributed by atoms with Gasteiger partial charge in [0.25, 0.3) is 0 Å². The summed E-state index contributed by atoms with van der Waals surface area (Å²) in [5, 5.41) is 2.42. The van der Waals surface area contributed by atoms with Crippen molar-refractivity contribution in [1.82, 2.24) is 19.1 Å². The molecule has 0 amide bonds. The van der Waals surface area contributed by atoms with Crippen molar-refractivity contribution in [3.05, 3.63) is 109 Å². The van der Waals surface area contributed by atoms with E-state index >= 15 is 0 Å². The molecule has 172 valence electrons. The SMILES string of the molecule is Cn1c(-c2ccc(-c3cccc4c(-c5nc6ccccc6n5C)cccc34)cc2)nc2ccccc21. The van der Waals surface area contributed by atoms with Crippen molar-refractivity contribution < 1.29 is 0 Å². The average Bonchev–Trinajstić information content (AvgIpc) is 3.45. The maximum atomic E-state index is 4.96. The molecule has 0 fully saturated rings. The molecule has 4 heteroatoms. The maximum absolute atomic E-state index is 4.96. The quantitative estimate of drug-likeness (QED) is 0.270. The smallest absolute Gasteiger partial charge is 0.141 e. The molecular formula is C32H24N4. The molecule has 0 saturated carbocycles. The summed E-state index contributed by atoms with van der Waals surface area (Å²) in [4.78, 5) is 9.82. The van der Waals surface area contributed by atoms with Crippen LogP contribution in [0.15, 0.2) is 109 Å². The van der Waals surface area contributed by atoms with Gasteiger partial charge < -0.3 is 9.13 Å². The summed E-state index contributed by atoms with van der Waals surface area (Å²) in [7, 11) is 4.17. The van der Waals surface area contributed by atoms with Crippen molar-refractivity contribution in [2.24, 2.45) is 14.1 Å². The van der Waals surface area contributed by atoms with E-state index in [9.17, 15) is 0 Å². The standard InChI is InChI=1S/C32H24N4/c1-35-29-15-5-3-13-27(29)33-31(35)22-19-17-21(18-20-22)23-9-7-11-25-24(23)10-8-12-26(25)32-34-28-14-4-6-16-30(28)36(32)2/h3-20H,1-2H3. The number of benzene rings is 5. The van der Waals surface area contributed by atoms with Gasteiger partial charge in [0, 0.05) is 25.2 Å². The summed E-state index contributed by atoms with van der Waals surface area (Å²) in [6, 6.07) is 38.3. The molecule has 0 aliphatic heterocycles. The van der Waals surface area contributed by atoms with Gasteiger partial charge in [0.15, 0.2) is 0 Å². The van der Waals surface area contributed by atoms with Gasteiger partial charge in [-0.2, -0.15) is 0 Å². The largest absolute Gasteiger partial charge is 0.327 e. The fraction of sp³-hybridized carbons (Fsp3) is 0.0625. The Morgan fingerprint density at radius 2 is 0.944 bits per heavy atom. The number of hydrogen-bond donors (Lipinski definition) is 0. The van der Waals surface area contributed by atoms with Crippen molar-refractivity contribution in [2.45, 2.75) is 0 Å². The van der Waals surface area contributed by atoms with Gasteiger partial charge in [0.05, 0.1) is 22.1 Å². The summed E-state index contributed by atoms with van der Waals surface area (Å²) >= 11 is 0. The molecule has 5 aromatic carbocycles. The molecule has 2 heterocycles. The van der Waals surface area contributed by atoms with Crippen LogP contribution in [-0.2, 0) is 14.1 Å².